The number of fused-ring (bicyclic) bond motifs is 1. The lowest BCUT2D eigenvalue weighted by Crippen LogP contribution is -2.30. The third kappa shape index (κ3) is 7.76. The number of ether oxygens (including phenoxy) is 2. The summed E-state index contributed by atoms with van der Waals surface area (Å²) in [7, 11) is 0. The van der Waals surface area contributed by atoms with Crippen LogP contribution >= 0.6 is 0 Å². The van der Waals surface area contributed by atoms with E-state index in [1.807, 2.05) is 6.07 Å². The number of hydrogen-bond acceptors (Lipinski definition) is 4. The summed E-state index contributed by atoms with van der Waals surface area (Å²) in [5, 5.41) is 12.5. The van der Waals surface area contributed by atoms with Gasteiger partial charge in [0.1, 0.15) is 24.7 Å². The van der Waals surface area contributed by atoms with Crippen molar-refractivity contribution in [3.63, 3.8) is 0 Å². The minimum absolute atomic E-state index is 0.248. The van der Waals surface area contributed by atoms with Crippen LogP contribution < -0.4 is 9.47 Å². The van der Waals surface area contributed by atoms with Crippen molar-refractivity contribution in [2.75, 3.05) is 32.8 Å². The van der Waals surface area contributed by atoms with Crippen molar-refractivity contribution >= 4 is 10.8 Å². The summed E-state index contributed by atoms with van der Waals surface area (Å²) >= 11 is 0. The SMILES string of the molecule is CCCN(CCC)CCOc1ccc(Cc2c(OCC(C)(C)O)ccc3ccccc23)cc1. The largest absolute Gasteiger partial charge is 0.492 e. The van der Waals surface area contributed by atoms with Crippen LogP contribution in [0.4, 0.5) is 0 Å². The molecule has 0 aliphatic rings. The second-order valence-corrected chi connectivity index (χ2v) is 9.38. The molecule has 0 radical (unpaired) electrons. The summed E-state index contributed by atoms with van der Waals surface area (Å²) < 4.78 is 12.1. The first-order valence-electron chi connectivity index (χ1n) is 12.2. The normalized spacial score (nSPS) is 11.8. The molecule has 178 valence electrons. The first kappa shape index (κ1) is 25.1. The van der Waals surface area contributed by atoms with Crippen LogP contribution in [0, 0.1) is 0 Å². The Kier molecular flexibility index (Phi) is 9.16. The van der Waals surface area contributed by atoms with Gasteiger partial charge in [-0.05, 0) is 74.3 Å². The molecule has 0 aliphatic heterocycles. The summed E-state index contributed by atoms with van der Waals surface area (Å²) in [6.45, 7) is 12.1. The van der Waals surface area contributed by atoms with Gasteiger partial charge in [-0.1, -0.05) is 56.3 Å². The van der Waals surface area contributed by atoms with Crippen LogP contribution in [0.15, 0.2) is 60.7 Å². The van der Waals surface area contributed by atoms with Crippen LogP contribution in [-0.2, 0) is 6.42 Å². The lowest BCUT2D eigenvalue weighted by Gasteiger charge is -2.21. The molecule has 4 heteroatoms. The molecule has 33 heavy (non-hydrogen) atoms. The van der Waals surface area contributed by atoms with Gasteiger partial charge >= 0.3 is 0 Å². The summed E-state index contributed by atoms with van der Waals surface area (Å²) in [4.78, 5) is 2.46. The van der Waals surface area contributed by atoms with Gasteiger partial charge < -0.3 is 14.6 Å². The molecule has 0 saturated carbocycles. The summed E-state index contributed by atoms with van der Waals surface area (Å²) in [6, 6.07) is 20.8. The van der Waals surface area contributed by atoms with E-state index in [0.717, 1.165) is 43.1 Å². The van der Waals surface area contributed by atoms with Gasteiger partial charge in [0.05, 0.1) is 5.60 Å². The molecule has 3 aromatic rings. The predicted octanol–water partition coefficient (Wildman–Crippen LogP) is 6.08. The van der Waals surface area contributed by atoms with Crippen LogP contribution in [-0.4, -0.2) is 48.5 Å². The Morgan fingerprint density at radius 3 is 2.18 bits per heavy atom. The molecule has 0 fully saturated rings. The highest BCUT2D eigenvalue weighted by Crippen LogP contribution is 2.31. The highest BCUT2D eigenvalue weighted by Gasteiger charge is 2.16. The minimum atomic E-state index is -0.883. The molecule has 0 bridgehead atoms. The van der Waals surface area contributed by atoms with E-state index in [1.54, 1.807) is 13.8 Å². The Bertz CT molecular complexity index is 986. The van der Waals surface area contributed by atoms with E-state index in [-0.39, 0.29) is 6.61 Å². The Morgan fingerprint density at radius 1 is 0.818 bits per heavy atom. The van der Waals surface area contributed by atoms with E-state index in [4.69, 9.17) is 9.47 Å². The average Bonchev–Trinajstić information content (AvgIpc) is 2.79. The van der Waals surface area contributed by atoms with Gasteiger partial charge in [-0.3, -0.25) is 4.90 Å². The van der Waals surface area contributed by atoms with Crippen molar-refractivity contribution in [3.8, 4) is 11.5 Å². The van der Waals surface area contributed by atoms with E-state index >= 15 is 0 Å². The molecular formula is C29H39NO3. The summed E-state index contributed by atoms with van der Waals surface area (Å²) in [5.41, 5.74) is 1.46. The van der Waals surface area contributed by atoms with Crippen molar-refractivity contribution in [3.05, 3.63) is 71.8 Å². The molecular weight excluding hydrogens is 410 g/mol. The summed E-state index contributed by atoms with van der Waals surface area (Å²) in [5.74, 6) is 1.73. The van der Waals surface area contributed by atoms with E-state index in [2.05, 4.69) is 73.3 Å². The predicted molar refractivity (Wildman–Crippen MR) is 138 cm³/mol. The van der Waals surface area contributed by atoms with Crippen molar-refractivity contribution in [1.29, 1.82) is 0 Å². The lowest BCUT2D eigenvalue weighted by atomic mass is 9.97. The molecule has 0 spiro atoms. The molecule has 0 saturated heterocycles. The van der Waals surface area contributed by atoms with Crippen molar-refractivity contribution < 1.29 is 14.6 Å². The molecule has 3 rings (SSSR count). The van der Waals surface area contributed by atoms with Crippen LogP contribution in [0.5, 0.6) is 11.5 Å². The van der Waals surface area contributed by atoms with Crippen molar-refractivity contribution in [2.24, 2.45) is 0 Å². The fraction of sp³-hybridized carbons (Fsp3) is 0.448. The zero-order chi connectivity index (χ0) is 23.7. The zero-order valence-electron chi connectivity index (χ0n) is 20.6. The standard InChI is InChI=1S/C29H39NO3/c1-5-17-30(18-6-2)19-20-32-25-14-11-23(12-15-25)21-27-26-10-8-7-9-24(26)13-16-28(27)33-22-29(3,4)31/h7-16,31H,5-6,17-22H2,1-4H3. The molecule has 0 heterocycles. The highest BCUT2D eigenvalue weighted by molar-refractivity contribution is 5.88. The number of nitrogens with zero attached hydrogens (tertiary/aromatic N) is 1. The van der Waals surface area contributed by atoms with E-state index < -0.39 is 5.60 Å². The Balaban J connectivity index is 1.70. The van der Waals surface area contributed by atoms with E-state index in [1.165, 1.54) is 29.2 Å². The van der Waals surface area contributed by atoms with Gasteiger partial charge in [0, 0.05) is 18.5 Å². The number of benzene rings is 3. The van der Waals surface area contributed by atoms with Gasteiger partial charge in [-0.25, -0.2) is 0 Å². The van der Waals surface area contributed by atoms with Crippen LogP contribution in [0.3, 0.4) is 0 Å². The molecule has 0 amide bonds. The first-order chi connectivity index (χ1) is 15.9. The maximum absolute atomic E-state index is 10.1. The Morgan fingerprint density at radius 2 is 1.52 bits per heavy atom. The molecule has 0 unspecified atom stereocenters. The maximum atomic E-state index is 10.1. The smallest absolute Gasteiger partial charge is 0.123 e. The maximum Gasteiger partial charge on any atom is 0.123 e. The molecule has 4 nitrogen and oxygen atoms in total. The number of aliphatic hydroxyl groups is 1. The van der Waals surface area contributed by atoms with Crippen LogP contribution in [0.1, 0.15) is 51.7 Å². The second kappa shape index (κ2) is 12.1. The molecule has 0 aromatic heterocycles. The topological polar surface area (TPSA) is 41.9 Å². The van der Waals surface area contributed by atoms with Gasteiger partial charge in [-0.2, -0.15) is 0 Å². The Labute approximate surface area is 199 Å². The third-order valence-electron chi connectivity index (χ3n) is 5.64. The van der Waals surface area contributed by atoms with Gasteiger partial charge in [0.15, 0.2) is 0 Å². The van der Waals surface area contributed by atoms with Crippen LogP contribution in [0.25, 0.3) is 10.8 Å². The minimum Gasteiger partial charge on any atom is -0.492 e. The van der Waals surface area contributed by atoms with E-state index in [9.17, 15) is 5.11 Å². The van der Waals surface area contributed by atoms with Gasteiger partial charge in [0.2, 0.25) is 0 Å². The second-order valence-electron chi connectivity index (χ2n) is 9.38. The number of rotatable bonds is 13. The molecule has 0 atom stereocenters. The average molecular weight is 450 g/mol. The molecule has 3 aromatic carbocycles. The number of hydrogen-bond donors (Lipinski definition) is 1. The highest BCUT2D eigenvalue weighted by atomic mass is 16.5. The van der Waals surface area contributed by atoms with Crippen molar-refractivity contribution in [1.82, 2.24) is 4.90 Å². The van der Waals surface area contributed by atoms with Gasteiger partial charge in [0.25, 0.3) is 0 Å². The quantitative estimate of drug-likeness (QED) is 0.343. The van der Waals surface area contributed by atoms with E-state index in [0.29, 0.717) is 6.61 Å². The molecule has 1 N–H and O–H groups in total. The van der Waals surface area contributed by atoms with Crippen LogP contribution in [0.2, 0.25) is 0 Å². The molecule has 0 aliphatic carbocycles. The van der Waals surface area contributed by atoms with Crippen molar-refractivity contribution in [2.45, 2.75) is 52.6 Å². The Hall–Kier alpha value is -2.56. The first-order valence-corrected chi connectivity index (χ1v) is 12.2. The summed E-state index contributed by atoms with van der Waals surface area (Å²) in [6.07, 6.45) is 3.10. The zero-order valence-corrected chi connectivity index (χ0v) is 20.6. The van der Waals surface area contributed by atoms with Gasteiger partial charge in [-0.15, -0.1) is 0 Å². The monoisotopic (exact) mass is 449 g/mol. The third-order valence-corrected chi connectivity index (χ3v) is 5.64. The fourth-order valence-electron chi connectivity index (χ4n) is 4.06. The lowest BCUT2D eigenvalue weighted by molar-refractivity contribution is 0.0282. The fourth-order valence-corrected chi connectivity index (χ4v) is 4.06.